The molecular formula is C14H24F2O2. The Hall–Kier alpha value is -0.930. The molecule has 0 saturated heterocycles. The lowest BCUT2D eigenvalue weighted by Gasteiger charge is -2.03. The third-order valence-corrected chi connectivity index (χ3v) is 2.58. The average Bonchev–Trinajstić information content (AvgIpc) is 2.35. The van der Waals surface area contributed by atoms with E-state index in [9.17, 15) is 13.6 Å². The minimum absolute atomic E-state index is 0.107. The van der Waals surface area contributed by atoms with Crippen molar-refractivity contribution in [3.63, 3.8) is 0 Å². The number of carbonyl (C=O) groups is 1. The molecule has 0 saturated carbocycles. The Labute approximate surface area is 108 Å². The molecule has 0 amide bonds. The Kier molecular flexibility index (Phi) is 11.9. The van der Waals surface area contributed by atoms with E-state index < -0.39 is 12.4 Å². The largest absolute Gasteiger partial charge is 0.461 e. The SMILES string of the molecule is CCCC/C=C/CCCCCCOC(=O)C(F)F. The summed E-state index contributed by atoms with van der Waals surface area (Å²) in [6.45, 7) is 2.28. The lowest BCUT2D eigenvalue weighted by molar-refractivity contribution is -0.156. The average molecular weight is 262 g/mol. The van der Waals surface area contributed by atoms with E-state index >= 15 is 0 Å². The minimum atomic E-state index is -3.00. The van der Waals surface area contributed by atoms with Crippen molar-refractivity contribution in [1.82, 2.24) is 0 Å². The number of unbranched alkanes of at least 4 members (excludes halogenated alkanes) is 6. The van der Waals surface area contributed by atoms with Crippen molar-refractivity contribution in [2.75, 3.05) is 6.61 Å². The van der Waals surface area contributed by atoms with E-state index in [0.29, 0.717) is 6.42 Å². The molecule has 0 fully saturated rings. The van der Waals surface area contributed by atoms with Crippen molar-refractivity contribution in [2.45, 2.75) is 64.7 Å². The molecule has 0 aromatic heterocycles. The van der Waals surface area contributed by atoms with Gasteiger partial charge in [0, 0.05) is 0 Å². The maximum Gasteiger partial charge on any atom is 0.373 e. The Morgan fingerprint density at radius 2 is 1.67 bits per heavy atom. The van der Waals surface area contributed by atoms with Gasteiger partial charge in [0.25, 0.3) is 0 Å². The maximum absolute atomic E-state index is 11.7. The molecule has 0 spiro atoms. The van der Waals surface area contributed by atoms with Crippen LogP contribution < -0.4 is 0 Å². The summed E-state index contributed by atoms with van der Waals surface area (Å²) < 4.78 is 27.9. The van der Waals surface area contributed by atoms with Crippen molar-refractivity contribution in [1.29, 1.82) is 0 Å². The van der Waals surface area contributed by atoms with Crippen LogP contribution in [0.4, 0.5) is 8.78 Å². The number of carbonyl (C=O) groups excluding carboxylic acids is 1. The highest BCUT2D eigenvalue weighted by atomic mass is 19.3. The molecule has 106 valence electrons. The van der Waals surface area contributed by atoms with Crippen molar-refractivity contribution < 1.29 is 18.3 Å². The highest BCUT2D eigenvalue weighted by molar-refractivity contribution is 5.72. The Bertz CT molecular complexity index is 228. The van der Waals surface area contributed by atoms with Crippen LogP contribution in [0.3, 0.4) is 0 Å². The van der Waals surface area contributed by atoms with Crippen LogP contribution in [0, 0.1) is 0 Å². The van der Waals surface area contributed by atoms with E-state index in [-0.39, 0.29) is 6.61 Å². The Morgan fingerprint density at radius 1 is 1.06 bits per heavy atom. The number of esters is 1. The highest BCUT2D eigenvalue weighted by Gasteiger charge is 2.15. The van der Waals surface area contributed by atoms with Crippen LogP contribution in [0.5, 0.6) is 0 Å². The van der Waals surface area contributed by atoms with Crippen LogP contribution >= 0.6 is 0 Å². The standard InChI is InChI=1S/C14H24F2O2/c1-2-3-4-5-6-7-8-9-10-11-12-18-14(17)13(15)16/h5-6,13H,2-4,7-12H2,1H3/b6-5+. The van der Waals surface area contributed by atoms with Gasteiger partial charge in [-0.3, -0.25) is 0 Å². The molecular weight excluding hydrogens is 238 g/mol. The van der Waals surface area contributed by atoms with Gasteiger partial charge >= 0.3 is 12.4 Å². The smallest absolute Gasteiger partial charge is 0.373 e. The molecule has 0 aliphatic carbocycles. The van der Waals surface area contributed by atoms with Gasteiger partial charge in [0.05, 0.1) is 6.61 Å². The van der Waals surface area contributed by atoms with Gasteiger partial charge in [0.2, 0.25) is 0 Å². The number of hydrogen-bond donors (Lipinski definition) is 0. The van der Waals surface area contributed by atoms with Gasteiger partial charge < -0.3 is 4.74 Å². The Morgan fingerprint density at radius 3 is 2.28 bits per heavy atom. The van der Waals surface area contributed by atoms with Gasteiger partial charge in [0.15, 0.2) is 0 Å². The second-order valence-electron chi connectivity index (χ2n) is 4.28. The predicted octanol–water partition coefficient (Wildman–Crippen LogP) is 4.49. The Balaban J connectivity index is 3.16. The summed E-state index contributed by atoms with van der Waals surface area (Å²) in [4.78, 5) is 10.4. The van der Waals surface area contributed by atoms with Crippen LogP contribution in [-0.4, -0.2) is 19.0 Å². The first-order valence-corrected chi connectivity index (χ1v) is 6.78. The predicted molar refractivity (Wildman–Crippen MR) is 68.7 cm³/mol. The van der Waals surface area contributed by atoms with Crippen molar-refractivity contribution >= 4 is 5.97 Å². The number of alkyl halides is 2. The third kappa shape index (κ3) is 11.6. The molecule has 0 aliphatic heterocycles. The number of rotatable bonds is 11. The summed E-state index contributed by atoms with van der Waals surface area (Å²) in [6.07, 6.45) is 9.83. The molecule has 2 nitrogen and oxygen atoms in total. The van der Waals surface area contributed by atoms with Gasteiger partial charge in [-0.05, 0) is 25.7 Å². The zero-order chi connectivity index (χ0) is 13.6. The molecule has 0 aromatic carbocycles. The van der Waals surface area contributed by atoms with E-state index in [2.05, 4.69) is 23.8 Å². The minimum Gasteiger partial charge on any atom is -0.461 e. The normalized spacial score (nSPS) is 11.3. The van der Waals surface area contributed by atoms with Gasteiger partial charge in [0.1, 0.15) is 0 Å². The zero-order valence-electron chi connectivity index (χ0n) is 11.2. The summed E-state index contributed by atoms with van der Waals surface area (Å²) in [7, 11) is 0. The van der Waals surface area contributed by atoms with Crippen molar-refractivity contribution in [3.05, 3.63) is 12.2 Å². The van der Waals surface area contributed by atoms with Crippen molar-refractivity contribution in [2.24, 2.45) is 0 Å². The molecule has 0 heterocycles. The maximum atomic E-state index is 11.7. The zero-order valence-corrected chi connectivity index (χ0v) is 11.2. The molecule has 0 aromatic rings. The molecule has 0 radical (unpaired) electrons. The van der Waals surface area contributed by atoms with Gasteiger partial charge in [-0.25, -0.2) is 4.79 Å². The molecule has 0 aliphatic rings. The summed E-state index contributed by atoms with van der Waals surface area (Å²) in [5.74, 6) is -1.41. The van der Waals surface area contributed by atoms with E-state index in [1.807, 2.05) is 0 Å². The van der Waals surface area contributed by atoms with E-state index in [1.165, 1.54) is 12.8 Å². The van der Waals surface area contributed by atoms with E-state index in [0.717, 1.165) is 32.1 Å². The fourth-order valence-electron chi connectivity index (χ4n) is 1.51. The van der Waals surface area contributed by atoms with Gasteiger partial charge in [-0.1, -0.05) is 44.8 Å². The number of allylic oxidation sites excluding steroid dienone is 2. The van der Waals surface area contributed by atoms with Crippen LogP contribution in [0.25, 0.3) is 0 Å². The summed E-state index contributed by atoms with van der Waals surface area (Å²) in [5.41, 5.74) is 0. The van der Waals surface area contributed by atoms with Gasteiger partial charge in [-0.2, -0.15) is 8.78 Å². The molecule has 0 N–H and O–H groups in total. The van der Waals surface area contributed by atoms with Gasteiger partial charge in [-0.15, -0.1) is 0 Å². The topological polar surface area (TPSA) is 26.3 Å². The quantitative estimate of drug-likeness (QED) is 0.311. The highest BCUT2D eigenvalue weighted by Crippen LogP contribution is 2.06. The second kappa shape index (κ2) is 12.5. The van der Waals surface area contributed by atoms with Crippen LogP contribution in [0.1, 0.15) is 58.3 Å². The molecule has 0 rings (SSSR count). The van der Waals surface area contributed by atoms with E-state index in [1.54, 1.807) is 0 Å². The first kappa shape index (κ1) is 17.1. The first-order valence-electron chi connectivity index (χ1n) is 6.78. The molecule has 4 heteroatoms. The molecule has 18 heavy (non-hydrogen) atoms. The van der Waals surface area contributed by atoms with Crippen LogP contribution in [0.15, 0.2) is 12.2 Å². The lowest BCUT2D eigenvalue weighted by Crippen LogP contribution is -2.14. The fraction of sp³-hybridized carbons (Fsp3) is 0.786. The number of ether oxygens (including phenoxy) is 1. The van der Waals surface area contributed by atoms with Crippen LogP contribution in [-0.2, 0) is 9.53 Å². The van der Waals surface area contributed by atoms with E-state index in [4.69, 9.17) is 0 Å². The fourth-order valence-corrected chi connectivity index (χ4v) is 1.51. The summed E-state index contributed by atoms with van der Waals surface area (Å²) >= 11 is 0. The number of halogens is 2. The lowest BCUT2D eigenvalue weighted by atomic mass is 10.1. The summed E-state index contributed by atoms with van der Waals surface area (Å²) in [6, 6.07) is 0. The van der Waals surface area contributed by atoms with Crippen molar-refractivity contribution in [3.8, 4) is 0 Å². The van der Waals surface area contributed by atoms with Crippen LogP contribution in [0.2, 0.25) is 0 Å². The molecule has 0 atom stereocenters. The molecule has 0 unspecified atom stereocenters. The number of hydrogen-bond acceptors (Lipinski definition) is 2. The summed E-state index contributed by atoms with van der Waals surface area (Å²) in [5, 5.41) is 0. The third-order valence-electron chi connectivity index (χ3n) is 2.58. The molecule has 0 bridgehead atoms. The second-order valence-corrected chi connectivity index (χ2v) is 4.28. The monoisotopic (exact) mass is 262 g/mol. The first-order chi connectivity index (χ1) is 8.68.